The van der Waals surface area contributed by atoms with Crippen molar-refractivity contribution in [3.8, 4) is 0 Å². The van der Waals surface area contributed by atoms with Gasteiger partial charge in [-0.2, -0.15) is 0 Å². The van der Waals surface area contributed by atoms with Gasteiger partial charge < -0.3 is 10.6 Å². The van der Waals surface area contributed by atoms with Gasteiger partial charge in [0.2, 0.25) is 0 Å². The summed E-state index contributed by atoms with van der Waals surface area (Å²) in [5.41, 5.74) is 8.62. The van der Waals surface area contributed by atoms with Crippen LogP contribution < -0.4 is 10.6 Å². The first-order chi connectivity index (χ1) is 7.89. The van der Waals surface area contributed by atoms with E-state index in [0.29, 0.717) is 17.9 Å². The van der Waals surface area contributed by atoms with E-state index in [2.05, 4.69) is 0 Å². The maximum absolute atomic E-state index is 11.5. The predicted molar refractivity (Wildman–Crippen MR) is 71.1 cm³/mol. The highest BCUT2D eigenvalue weighted by molar-refractivity contribution is 7.91. The van der Waals surface area contributed by atoms with Crippen LogP contribution in [0.3, 0.4) is 0 Å². The molecule has 5 heteroatoms. The van der Waals surface area contributed by atoms with E-state index in [1.54, 1.807) is 0 Å². The normalized spacial score (nSPS) is 22.6. The van der Waals surface area contributed by atoms with Gasteiger partial charge in [0.1, 0.15) is 0 Å². The molecule has 17 heavy (non-hydrogen) atoms. The Balaban J connectivity index is 2.26. The standard InChI is InChI=1S/C12H18N2O2S/c1-9-3-4-10(13)7-12(9)14(2)11-5-6-17(15,16)8-11/h3-4,7,11H,5-6,8,13H2,1-2H3. The number of anilines is 2. The van der Waals surface area contributed by atoms with Crippen LogP contribution in [0.1, 0.15) is 12.0 Å². The maximum Gasteiger partial charge on any atom is 0.152 e. The molecule has 0 saturated carbocycles. The smallest absolute Gasteiger partial charge is 0.152 e. The van der Waals surface area contributed by atoms with E-state index in [1.165, 1.54) is 0 Å². The zero-order valence-corrected chi connectivity index (χ0v) is 11.0. The molecule has 0 amide bonds. The van der Waals surface area contributed by atoms with Crippen LogP contribution in [-0.4, -0.2) is 33.0 Å². The topological polar surface area (TPSA) is 63.4 Å². The van der Waals surface area contributed by atoms with E-state index in [4.69, 9.17) is 5.73 Å². The summed E-state index contributed by atoms with van der Waals surface area (Å²) in [4.78, 5) is 2.04. The zero-order chi connectivity index (χ0) is 12.6. The van der Waals surface area contributed by atoms with E-state index in [9.17, 15) is 8.42 Å². The SMILES string of the molecule is Cc1ccc(N)cc1N(C)C1CCS(=O)(=O)C1. The Morgan fingerprint density at radius 3 is 2.71 bits per heavy atom. The van der Waals surface area contributed by atoms with Crippen LogP contribution in [0.2, 0.25) is 0 Å². The third-order valence-electron chi connectivity index (χ3n) is 3.37. The Morgan fingerprint density at radius 1 is 1.41 bits per heavy atom. The van der Waals surface area contributed by atoms with Gasteiger partial charge in [-0.25, -0.2) is 8.42 Å². The summed E-state index contributed by atoms with van der Waals surface area (Å²) in [5, 5.41) is 0. The van der Waals surface area contributed by atoms with Crippen molar-refractivity contribution in [1.29, 1.82) is 0 Å². The number of nitrogens with two attached hydrogens (primary N) is 1. The van der Waals surface area contributed by atoms with Gasteiger partial charge in [-0.05, 0) is 31.0 Å². The lowest BCUT2D eigenvalue weighted by molar-refractivity contribution is 0.601. The molecule has 1 fully saturated rings. The molecule has 2 N–H and O–H groups in total. The molecule has 1 heterocycles. The van der Waals surface area contributed by atoms with Crippen molar-refractivity contribution in [2.24, 2.45) is 0 Å². The van der Waals surface area contributed by atoms with Gasteiger partial charge in [0, 0.05) is 24.5 Å². The Hall–Kier alpha value is -1.23. The van der Waals surface area contributed by atoms with Crippen molar-refractivity contribution in [1.82, 2.24) is 0 Å². The van der Waals surface area contributed by atoms with E-state index in [0.717, 1.165) is 11.3 Å². The Kier molecular flexibility index (Phi) is 3.03. The second-order valence-corrected chi connectivity index (χ2v) is 6.94. The highest BCUT2D eigenvalue weighted by Crippen LogP contribution is 2.27. The lowest BCUT2D eigenvalue weighted by Gasteiger charge is -2.27. The average Bonchev–Trinajstić information content (AvgIpc) is 2.61. The van der Waals surface area contributed by atoms with E-state index in [-0.39, 0.29) is 11.8 Å². The molecule has 1 aliphatic rings. The third kappa shape index (κ3) is 2.54. The highest BCUT2D eigenvalue weighted by Gasteiger charge is 2.31. The molecule has 1 aromatic rings. The van der Waals surface area contributed by atoms with Crippen molar-refractivity contribution in [2.45, 2.75) is 19.4 Å². The predicted octanol–water partition coefficient (Wildman–Crippen LogP) is 1.20. The molecule has 0 aliphatic carbocycles. The number of hydrogen-bond acceptors (Lipinski definition) is 4. The molecular weight excluding hydrogens is 236 g/mol. The van der Waals surface area contributed by atoms with Crippen LogP contribution >= 0.6 is 0 Å². The van der Waals surface area contributed by atoms with Gasteiger partial charge in [0.25, 0.3) is 0 Å². The fourth-order valence-electron chi connectivity index (χ4n) is 2.28. The lowest BCUT2D eigenvalue weighted by atomic mass is 10.1. The van der Waals surface area contributed by atoms with Gasteiger partial charge in [0.05, 0.1) is 11.5 Å². The quantitative estimate of drug-likeness (QED) is 0.806. The zero-order valence-electron chi connectivity index (χ0n) is 10.2. The Labute approximate surface area is 102 Å². The molecule has 0 radical (unpaired) electrons. The maximum atomic E-state index is 11.5. The van der Waals surface area contributed by atoms with Gasteiger partial charge >= 0.3 is 0 Å². The summed E-state index contributed by atoms with van der Waals surface area (Å²) in [7, 11) is -0.907. The first-order valence-corrected chi connectivity index (χ1v) is 7.50. The summed E-state index contributed by atoms with van der Waals surface area (Å²) < 4.78 is 23.0. The monoisotopic (exact) mass is 254 g/mol. The molecule has 0 spiro atoms. The van der Waals surface area contributed by atoms with Crippen molar-refractivity contribution >= 4 is 21.2 Å². The van der Waals surface area contributed by atoms with Gasteiger partial charge in [0.15, 0.2) is 9.84 Å². The Bertz CT molecular complexity index is 525. The van der Waals surface area contributed by atoms with Crippen LogP contribution in [-0.2, 0) is 9.84 Å². The first kappa shape index (κ1) is 12.2. The van der Waals surface area contributed by atoms with Crippen LogP contribution in [0.5, 0.6) is 0 Å². The number of sulfone groups is 1. The molecule has 1 aromatic carbocycles. The third-order valence-corrected chi connectivity index (χ3v) is 5.12. The Morgan fingerprint density at radius 2 is 2.12 bits per heavy atom. The van der Waals surface area contributed by atoms with Gasteiger partial charge in [-0.1, -0.05) is 6.07 Å². The first-order valence-electron chi connectivity index (χ1n) is 5.68. The van der Waals surface area contributed by atoms with Crippen molar-refractivity contribution < 1.29 is 8.42 Å². The highest BCUT2D eigenvalue weighted by atomic mass is 32.2. The molecule has 2 rings (SSSR count). The van der Waals surface area contributed by atoms with Crippen LogP contribution in [0.4, 0.5) is 11.4 Å². The fraction of sp³-hybridized carbons (Fsp3) is 0.500. The molecule has 0 aromatic heterocycles. The molecule has 1 aliphatic heterocycles. The number of nitrogen functional groups attached to an aromatic ring is 1. The van der Waals surface area contributed by atoms with Crippen molar-refractivity contribution in [3.05, 3.63) is 23.8 Å². The minimum absolute atomic E-state index is 0.0699. The van der Waals surface area contributed by atoms with Gasteiger partial charge in [-0.3, -0.25) is 0 Å². The van der Waals surface area contributed by atoms with E-state index in [1.807, 2.05) is 37.1 Å². The minimum atomic E-state index is -2.84. The van der Waals surface area contributed by atoms with E-state index < -0.39 is 9.84 Å². The molecule has 1 unspecified atom stereocenters. The van der Waals surface area contributed by atoms with Crippen LogP contribution in [0.15, 0.2) is 18.2 Å². The summed E-state index contributed by atoms with van der Waals surface area (Å²) in [6.07, 6.45) is 0.701. The van der Waals surface area contributed by atoms with Crippen molar-refractivity contribution in [2.75, 3.05) is 29.2 Å². The largest absolute Gasteiger partial charge is 0.399 e. The lowest BCUT2D eigenvalue weighted by Crippen LogP contribution is -2.33. The average molecular weight is 254 g/mol. The number of nitrogens with zero attached hydrogens (tertiary/aromatic N) is 1. The molecule has 1 atom stereocenters. The number of benzene rings is 1. The number of aryl methyl sites for hydroxylation is 1. The summed E-state index contributed by atoms with van der Waals surface area (Å²) in [6.45, 7) is 2.01. The molecule has 1 saturated heterocycles. The van der Waals surface area contributed by atoms with Gasteiger partial charge in [-0.15, -0.1) is 0 Å². The molecule has 0 bridgehead atoms. The van der Waals surface area contributed by atoms with Crippen molar-refractivity contribution in [3.63, 3.8) is 0 Å². The second-order valence-electron chi connectivity index (χ2n) is 4.71. The summed E-state index contributed by atoms with van der Waals surface area (Å²) in [5.74, 6) is 0.543. The van der Waals surface area contributed by atoms with Crippen LogP contribution in [0.25, 0.3) is 0 Å². The summed E-state index contributed by atoms with van der Waals surface area (Å²) >= 11 is 0. The van der Waals surface area contributed by atoms with E-state index >= 15 is 0 Å². The molecule has 4 nitrogen and oxygen atoms in total. The minimum Gasteiger partial charge on any atom is -0.399 e. The number of rotatable bonds is 2. The van der Waals surface area contributed by atoms with Crippen LogP contribution in [0, 0.1) is 6.92 Å². The fourth-order valence-corrected chi connectivity index (χ4v) is 4.06. The number of hydrogen-bond donors (Lipinski definition) is 1. The molecule has 94 valence electrons. The second kappa shape index (κ2) is 4.22. The molecular formula is C12H18N2O2S. The summed E-state index contributed by atoms with van der Waals surface area (Å²) in [6, 6.07) is 5.80.